The molecule has 2 heterocycles. The summed E-state index contributed by atoms with van der Waals surface area (Å²) in [4.78, 5) is 22.7. The standard InChI is InChI=1S/C21H12ClN3O/c22-14-8-2-6-12-18(14)25-17-11-5-1-7-13(17)19-20(21(25)26)24-16-10-4-3-9-15(16)23-19/h1-12H. The molecule has 26 heavy (non-hydrogen) atoms. The summed E-state index contributed by atoms with van der Waals surface area (Å²) in [5.41, 5.74) is 3.55. The third-order valence-electron chi connectivity index (χ3n) is 4.47. The van der Waals surface area contributed by atoms with E-state index in [0.717, 1.165) is 16.4 Å². The summed E-state index contributed by atoms with van der Waals surface area (Å²) in [7, 11) is 0. The lowest BCUT2D eigenvalue weighted by Gasteiger charge is -2.14. The molecule has 0 aliphatic carbocycles. The van der Waals surface area contributed by atoms with E-state index in [4.69, 9.17) is 16.6 Å². The van der Waals surface area contributed by atoms with Crippen molar-refractivity contribution in [3.8, 4) is 5.69 Å². The number of rotatable bonds is 1. The monoisotopic (exact) mass is 357 g/mol. The molecule has 0 N–H and O–H groups in total. The quantitative estimate of drug-likeness (QED) is 0.321. The number of nitrogens with zero attached hydrogens (tertiary/aromatic N) is 3. The number of pyridine rings is 1. The van der Waals surface area contributed by atoms with Crippen LogP contribution in [0.1, 0.15) is 0 Å². The van der Waals surface area contributed by atoms with Gasteiger partial charge >= 0.3 is 0 Å². The van der Waals surface area contributed by atoms with Crippen molar-refractivity contribution in [2.75, 3.05) is 0 Å². The highest BCUT2D eigenvalue weighted by Gasteiger charge is 2.16. The highest BCUT2D eigenvalue weighted by Crippen LogP contribution is 2.27. The van der Waals surface area contributed by atoms with E-state index in [1.807, 2.05) is 66.7 Å². The highest BCUT2D eigenvalue weighted by molar-refractivity contribution is 6.32. The Kier molecular flexibility index (Phi) is 3.27. The van der Waals surface area contributed by atoms with Gasteiger partial charge in [-0.2, -0.15) is 0 Å². The SMILES string of the molecule is O=c1c2nc3ccccc3nc2c2ccccc2n1-c1ccccc1Cl. The molecular weight excluding hydrogens is 346 g/mol. The van der Waals surface area contributed by atoms with Crippen LogP contribution in [0.2, 0.25) is 5.02 Å². The van der Waals surface area contributed by atoms with E-state index >= 15 is 0 Å². The van der Waals surface area contributed by atoms with Gasteiger partial charge in [0.05, 0.1) is 27.3 Å². The maximum atomic E-state index is 13.3. The van der Waals surface area contributed by atoms with Crippen molar-refractivity contribution in [1.82, 2.24) is 14.5 Å². The lowest BCUT2D eigenvalue weighted by Crippen LogP contribution is -2.21. The van der Waals surface area contributed by atoms with E-state index in [1.54, 1.807) is 10.6 Å². The van der Waals surface area contributed by atoms with Crippen LogP contribution in [0.4, 0.5) is 0 Å². The number of aromatic nitrogens is 3. The van der Waals surface area contributed by atoms with Crippen molar-refractivity contribution in [3.05, 3.63) is 88.2 Å². The maximum absolute atomic E-state index is 13.3. The normalized spacial score (nSPS) is 11.4. The Balaban J connectivity index is 2.06. The average molecular weight is 358 g/mol. The minimum absolute atomic E-state index is 0.231. The van der Waals surface area contributed by atoms with Gasteiger partial charge in [0.25, 0.3) is 5.56 Å². The van der Waals surface area contributed by atoms with Gasteiger partial charge in [0.2, 0.25) is 0 Å². The molecule has 0 amide bonds. The smallest absolute Gasteiger partial charge is 0.273 e. The Morgan fingerprint density at radius 2 is 1.35 bits per heavy atom. The fourth-order valence-electron chi connectivity index (χ4n) is 3.29. The van der Waals surface area contributed by atoms with E-state index in [0.29, 0.717) is 27.3 Å². The van der Waals surface area contributed by atoms with Crippen LogP contribution in [0.5, 0.6) is 0 Å². The first kappa shape index (κ1) is 15.0. The Morgan fingerprint density at radius 1 is 0.731 bits per heavy atom. The Hall–Kier alpha value is -3.24. The van der Waals surface area contributed by atoms with Crippen molar-refractivity contribution < 1.29 is 0 Å². The van der Waals surface area contributed by atoms with E-state index < -0.39 is 0 Å². The third-order valence-corrected chi connectivity index (χ3v) is 4.79. The molecule has 0 aliphatic rings. The Morgan fingerprint density at radius 3 is 2.12 bits per heavy atom. The van der Waals surface area contributed by atoms with Gasteiger partial charge in [0.1, 0.15) is 5.52 Å². The summed E-state index contributed by atoms with van der Waals surface area (Å²) in [6.45, 7) is 0. The Bertz CT molecular complexity index is 1370. The van der Waals surface area contributed by atoms with Gasteiger partial charge in [-0.3, -0.25) is 9.36 Å². The molecule has 0 atom stereocenters. The van der Waals surface area contributed by atoms with Crippen molar-refractivity contribution in [2.24, 2.45) is 0 Å². The fourth-order valence-corrected chi connectivity index (χ4v) is 3.51. The molecule has 124 valence electrons. The summed E-state index contributed by atoms with van der Waals surface area (Å²) in [6.07, 6.45) is 0. The van der Waals surface area contributed by atoms with Crippen LogP contribution in [0.15, 0.2) is 77.6 Å². The Labute approximate surface area is 153 Å². The van der Waals surface area contributed by atoms with Crippen molar-refractivity contribution in [2.45, 2.75) is 0 Å². The van der Waals surface area contributed by atoms with Crippen LogP contribution in [0.25, 0.3) is 38.7 Å². The zero-order chi connectivity index (χ0) is 17.7. The lowest BCUT2D eigenvalue weighted by molar-refractivity contribution is 1.05. The second kappa shape index (κ2) is 5.64. The minimum atomic E-state index is -0.231. The number of hydrogen-bond donors (Lipinski definition) is 0. The van der Waals surface area contributed by atoms with Crippen LogP contribution < -0.4 is 5.56 Å². The zero-order valence-corrected chi connectivity index (χ0v) is 14.3. The number of para-hydroxylation sites is 4. The molecule has 0 unspecified atom stereocenters. The first-order valence-corrected chi connectivity index (χ1v) is 8.57. The molecule has 0 bridgehead atoms. The molecule has 0 saturated carbocycles. The molecule has 5 heteroatoms. The molecular formula is C21H12ClN3O. The average Bonchev–Trinajstić information content (AvgIpc) is 2.68. The first-order chi connectivity index (χ1) is 12.7. The van der Waals surface area contributed by atoms with Crippen molar-refractivity contribution in [3.63, 3.8) is 0 Å². The minimum Gasteiger partial charge on any atom is -0.273 e. The first-order valence-electron chi connectivity index (χ1n) is 8.19. The van der Waals surface area contributed by atoms with Crippen LogP contribution in [0.3, 0.4) is 0 Å². The van der Waals surface area contributed by atoms with Crippen LogP contribution >= 0.6 is 11.6 Å². The molecule has 5 rings (SSSR count). The number of hydrogen-bond acceptors (Lipinski definition) is 3. The molecule has 0 aliphatic heterocycles. The summed E-state index contributed by atoms with van der Waals surface area (Å²) in [5.74, 6) is 0. The summed E-state index contributed by atoms with van der Waals surface area (Å²) in [6, 6.07) is 22.5. The van der Waals surface area contributed by atoms with Gasteiger partial charge in [-0.1, -0.05) is 54.1 Å². The molecule has 0 saturated heterocycles. The third kappa shape index (κ3) is 2.13. The topological polar surface area (TPSA) is 47.8 Å². The van der Waals surface area contributed by atoms with Gasteiger partial charge in [-0.15, -0.1) is 0 Å². The van der Waals surface area contributed by atoms with Crippen LogP contribution in [-0.4, -0.2) is 14.5 Å². The summed E-state index contributed by atoms with van der Waals surface area (Å²) in [5, 5.41) is 1.37. The van der Waals surface area contributed by atoms with E-state index in [1.165, 1.54) is 0 Å². The van der Waals surface area contributed by atoms with Gasteiger partial charge in [-0.05, 0) is 30.3 Å². The summed E-state index contributed by atoms with van der Waals surface area (Å²) < 4.78 is 1.61. The molecule has 0 radical (unpaired) electrons. The summed E-state index contributed by atoms with van der Waals surface area (Å²) >= 11 is 6.38. The predicted molar refractivity (Wildman–Crippen MR) is 105 cm³/mol. The molecule has 2 aromatic heterocycles. The van der Waals surface area contributed by atoms with Gasteiger partial charge in [-0.25, -0.2) is 9.97 Å². The molecule has 4 nitrogen and oxygen atoms in total. The van der Waals surface area contributed by atoms with E-state index in [9.17, 15) is 4.79 Å². The van der Waals surface area contributed by atoms with Gasteiger partial charge < -0.3 is 0 Å². The van der Waals surface area contributed by atoms with Crippen LogP contribution in [0, 0.1) is 0 Å². The molecule has 5 aromatic rings. The predicted octanol–water partition coefficient (Wildman–Crippen LogP) is 4.74. The van der Waals surface area contributed by atoms with E-state index in [-0.39, 0.29) is 5.56 Å². The molecule has 0 fully saturated rings. The largest absolute Gasteiger partial charge is 0.283 e. The highest BCUT2D eigenvalue weighted by atomic mass is 35.5. The van der Waals surface area contributed by atoms with Crippen molar-refractivity contribution >= 4 is 44.6 Å². The van der Waals surface area contributed by atoms with Crippen LogP contribution in [-0.2, 0) is 0 Å². The second-order valence-corrected chi connectivity index (χ2v) is 6.43. The van der Waals surface area contributed by atoms with Crippen molar-refractivity contribution in [1.29, 1.82) is 0 Å². The maximum Gasteiger partial charge on any atom is 0.283 e. The van der Waals surface area contributed by atoms with Gasteiger partial charge in [0, 0.05) is 5.39 Å². The lowest BCUT2D eigenvalue weighted by atomic mass is 10.1. The number of fused-ring (bicyclic) bond motifs is 4. The second-order valence-electron chi connectivity index (χ2n) is 6.02. The van der Waals surface area contributed by atoms with E-state index in [2.05, 4.69) is 4.98 Å². The number of benzene rings is 3. The molecule has 0 spiro atoms. The van der Waals surface area contributed by atoms with Gasteiger partial charge in [0.15, 0.2) is 5.52 Å². The fraction of sp³-hybridized carbons (Fsp3) is 0. The molecule has 3 aromatic carbocycles. The number of halogens is 1. The zero-order valence-electron chi connectivity index (χ0n) is 13.6.